The number of aliphatic hydroxyl groups excluding tert-OH is 2. The van der Waals surface area contributed by atoms with Crippen molar-refractivity contribution in [3.8, 4) is 11.5 Å². The van der Waals surface area contributed by atoms with Crippen molar-refractivity contribution in [1.29, 1.82) is 0 Å². The Kier molecular flexibility index (Phi) is 4.17. The average molecular weight is 262 g/mol. The molecule has 2 atom stereocenters. The third kappa shape index (κ3) is 2.79. The van der Waals surface area contributed by atoms with Crippen LogP contribution in [0.15, 0.2) is 12.1 Å². The van der Waals surface area contributed by atoms with Gasteiger partial charge in [0.05, 0.1) is 12.1 Å². The summed E-state index contributed by atoms with van der Waals surface area (Å²) in [7, 11) is 1.30. The van der Waals surface area contributed by atoms with E-state index in [0.29, 0.717) is 0 Å². The van der Waals surface area contributed by atoms with Gasteiger partial charge in [-0.3, -0.25) is 4.79 Å². The summed E-state index contributed by atoms with van der Waals surface area (Å²) in [5.41, 5.74) is 4.96. The molecule has 7 heteroatoms. The first-order valence-electron chi connectivity index (χ1n) is 4.60. The van der Waals surface area contributed by atoms with Gasteiger partial charge in [0.1, 0.15) is 6.10 Å². The lowest BCUT2D eigenvalue weighted by atomic mass is 10.0. The molecule has 1 rings (SSSR count). The molecule has 1 amide bonds. The number of primary amides is 1. The molecule has 0 heterocycles. The number of halogens is 1. The lowest BCUT2D eigenvalue weighted by Gasteiger charge is -2.17. The quantitative estimate of drug-likeness (QED) is 0.606. The maximum absolute atomic E-state index is 10.7. The van der Waals surface area contributed by atoms with Gasteiger partial charge in [-0.15, -0.1) is 0 Å². The second kappa shape index (κ2) is 5.22. The van der Waals surface area contributed by atoms with Gasteiger partial charge < -0.3 is 25.8 Å². The van der Waals surface area contributed by atoms with Crippen molar-refractivity contribution >= 4 is 17.5 Å². The second-order valence-corrected chi connectivity index (χ2v) is 3.75. The van der Waals surface area contributed by atoms with E-state index in [0.717, 1.165) is 0 Å². The van der Waals surface area contributed by atoms with Crippen LogP contribution in [0.3, 0.4) is 0 Å². The van der Waals surface area contributed by atoms with Crippen LogP contribution in [0.1, 0.15) is 11.7 Å². The molecule has 1 aromatic carbocycles. The molecule has 0 saturated heterocycles. The minimum atomic E-state index is -1.76. The molecule has 0 radical (unpaired) electrons. The van der Waals surface area contributed by atoms with E-state index in [9.17, 15) is 20.1 Å². The number of amides is 1. The molecule has 0 aliphatic rings. The maximum atomic E-state index is 10.7. The number of aromatic hydroxyl groups is 1. The number of ether oxygens (including phenoxy) is 1. The molecule has 2 unspecified atom stereocenters. The fourth-order valence-corrected chi connectivity index (χ4v) is 1.48. The number of nitrogens with two attached hydrogens (primary N) is 1. The van der Waals surface area contributed by atoms with Crippen LogP contribution >= 0.6 is 11.6 Å². The monoisotopic (exact) mass is 261 g/mol. The summed E-state index contributed by atoms with van der Waals surface area (Å²) in [6, 6.07) is 2.45. The summed E-state index contributed by atoms with van der Waals surface area (Å²) in [6.07, 6.45) is -3.31. The first-order valence-corrected chi connectivity index (χ1v) is 4.98. The van der Waals surface area contributed by atoms with E-state index in [1.54, 1.807) is 0 Å². The third-order valence-corrected chi connectivity index (χ3v) is 2.49. The molecule has 17 heavy (non-hydrogen) atoms. The van der Waals surface area contributed by atoms with E-state index in [2.05, 4.69) is 0 Å². The van der Waals surface area contributed by atoms with Crippen LogP contribution in [0.5, 0.6) is 11.5 Å². The Hall–Kier alpha value is -1.50. The summed E-state index contributed by atoms with van der Waals surface area (Å²) in [6.45, 7) is 0. The van der Waals surface area contributed by atoms with Gasteiger partial charge in [-0.25, -0.2) is 0 Å². The minimum Gasteiger partial charge on any atom is -0.503 e. The number of rotatable bonds is 4. The van der Waals surface area contributed by atoms with Gasteiger partial charge in [0, 0.05) is 0 Å². The number of carbonyl (C=O) groups excluding carboxylic acids is 1. The largest absolute Gasteiger partial charge is 0.503 e. The fraction of sp³-hybridized carbons (Fsp3) is 0.300. The van der Waals surface area contributed by atoms with Gasteiger partial charge in [-0.2, -0.15) is 0 Å². The Morgan fingerprint density at radius 3 is 2.53 bits per heavy atom. The number of phenolic OH excluding ortho intramolecular Hbond substituents is 1. The third-order valence-electron chi connectivity index (χ3n) is 2.20. The summed E-state index contributed by atoms with van der Waals surface area (Å²) < 4.78 is 4.81. The summed E-state index contributed by atoms with van der Waals surface area (Å²) in [5, 5.41) is 28.3. The molecular weight excluding hydrogens is 250 g/mol. The lowest BCUT2D eigenvalue weighted by Crippen LogP contribution is -2.33. The van der Waals surface area contributed by atoms with Crippen LogP contribution in [0, 0.1) is 0 Å². The number of aliphatic hydroxyl groups is 2. The van der Waals surface area contributed by atoms with Gasteiger partial charge in [-0.1, -0.05) is 11.6 Å². The Labute approximate surface area is 102 Å². The van der Waals surface area contributed by atoms with Gasteiger partial charge in [0.15, 0.2) is 17.6 Å². The highest BCUT2D eigenvalue weighted by Crippen LogP contribution is 2.37. The van der Waals surface area contributed by atoms with Crippen LogP contribution in [0.4, 0.5) is 0 Å². The van der Waals surface area contributed by atoms with Crippen molar-refractivity contribution in [2.45, 2.75) is 12.2 Å². The van der Waals surface area contributed by atoms with E-state index in [1.165, 1.54) is 19.2 Å². The van der Waals surface area contributed by atoms with Crippen molar-refractivity contribution in [3.05, 3.63) is 22.7 Å². The Morgan fingerprint density at radius 1 is 1.47 bits per heavy atom. The van der Waals surface area contributed by atoms with E-state index in [4.69, 9.17) is 22.1 Å². The van der Waals surface area contributed by atoms with Gasteiger partial charge in [0.2, 0.25) is 5.91 Å². The van der Waals surface area contributed by atoms with Crippen molar-refractivity contribution in [3.63, 3.8) is 0 Å². The first kappa shape index (κ1) is 13.6. The predicted octanol–water partition coefficient (Wildman–Crippen LogP) is -0.0662. The lowest BCUT2D eigenvalue weighted by molar-refractivity contribution is -0.131. The van der Waals surface area contributed by atoms with Gasteiger partial charge >= 0.3 is 0 Å². The molecule has 0 aliphatic carbocycles. The van der Waals surface area contributed by atoms with E-state index in [-0.39, 0.29) is 22.1 Å². The molecule has 0 aromatic heterocycles. The van der Waals surface area contributed by atoms with E-state index in [1.807, 2.05) is 0 Å². The molecule has 94 valence electrons. The number of phenols is 1. The van der Waals surface area contributed by atoms with Crippen molar-refractivity contribution in [2.24, 2.45) is 5.73 Å². The van der Waals surface area contributed by atoms with Gasteiger partial charge in [-0.05, 0) is 17.7 Å². The molecule has 6 nitrogen and oxygen atoms in total. The number of methoxy groups -OCH3 is 1. The molecular formula is C10H12ClNO5. The molecule has 1 aromatic rings. The first-order chi connectivity index (χ1) is 7.88. The van der Waals surface area contributed by atoms with Crippen LogP contribution < -0.4 is 10.5 Å². The Balaban J connectivity index is 3.15. The summed E-state index contributed by atoms with van der Waals surface area (Å²) in [5.74, 6) is -1.34. The number of benzene rings is 1. The smallest absolute Gasteiger partial charge is 0.249 e. The van der Waals surface area contributed by atoms with Crippen molar-refractivity contribution < 1.29 is 24.9 Å². The Morgan fingerprint density at radius 2 is 2.06 bits per heavy atom. The van der Waals surface area contributed by atoms with Crippen LogP contribution in [0.2, 0.25) is 5.02 Å². The zero-order valence-electron chi connectivity index (χ0n) is 8.92. The molecule has 0 aliphatic heterocycles. The summed E-state index contributed by atoms with van der Waals surface area (Å²) >= 11 is 5.69. The molecule has 5 N–H and O–H groups in total. The fourth-order valence-electron chi connectivity index (χ4n) is 1.26. The number of hydrogen-bond acceptors (Lipinski definition) is 5. The normalized spacial score (nSPS) is 14.1. The van der Waals surface area contributed by atoms with E-state index < -0.39 is 18.1 Å². The highest BCUT2D eigenvalue weighted by molar-refractivity contribution is 6.32. The van der Waals surface area contributed by atoms with Gasteiger partial charge in [0.25, 0.3) is 0 Å². The van der Waals surface area contributed by atoms with Crippen LogP contribution in [-0.2, 0) is 4.79 Å². The van der Waals surface area contributed by atoms with Crippen LogP contribution in [0.25, 0.3) is 0 Å². The van der Waals surface area contributed by atoms with Crippen molar-refractivity contribution in [1.82, 2.24) is 0 Å². The topological polar surface area (TPSA) is 113 Å². The zero-order chi connectivity index (χ0) is 13.2. The number of hydrogen-bond donors (Lipinski definition) is 4. The zero-order valence-corrected chi connectivity index (χ0v) is 9.68. The minimum absolute atomic E-state index is 0.0169. The Bertz CT molecular complexity index is 437. The molecule has 0 bridgehead atoms. The molecule has 0 fully saturated rings. The molecule has 0 saturated carbocycles. The van der Waals surface area contributed by atoms with Crippen LogP contribution in [-0.4, -0.2) is 34.4 Å². The number of carbonyl (C=O) groups is 1. The van der Waals surface area contributed by atoms with E-state index >= 15 is 0 Å². The standard InChI is InChI=1S/C10H12ClNO5/c1-17-6-3-4(2-5(11)8(6)14)7(13)9(15)10(12)16/h2-3,7,9,13-15H,1H3,(H2,12,16). The summed E-state index contributed by atoms with van der Waals surface area (Å²) in [4.78, 5) is 10.7. The SMILES string of the molecule is COc1cc(C(O)C(O)C(N)=O)cc(Cl)c1O. The second-order valence-electron chi connectivity index (χ2n) is 3.35. The predicted molar refractivity (Wildman–Crippen MR) is 59.8 cm³/mol. The highest BCUT2D eigenvalue weighted by atomic mass is 35.5. The van der Waals surface area contributed by atoms with Crippen molar-refractivity contribution in [2.75, 3.05) is 7.11 Å². The average Bonchev–Trinajstić information content (AvgIpc) is 2.30. The molecule has 0 spiro atoms. The maximum Gasteiger partial charge on any atom is 0.249 e. The highest BCUT2D eigenvalue weighted by Gasteiger charge is 2.25.